The molecule has 0 radical (unpaired) electrons. The van der Waals surface area contributed by atoms with Crippen LogP contribution in [0.15, 0.2) is 206 Å². The number of halogens is 2. The van der Waals surface area contributed by atoms with Crippen molar-refractivity contribution >= 4 is 56.2 Å². The number of fused-ring (bicyclic) bond motifs is 1. The molecule has 2 saturated carbocycles. The van der Waals surface area contributed by atoms with Crippen LogP contribution in [0, 0.1) is 17.8 Å². The molecule has 3 unspecified atom stereocenters. The summed E-state index contributed by atoms with van der Waals surface area (Å²) in [5.41, 5.74) is 7.70. The van der Waals surface area contributed by atoms with Gasteiger partial charge in [-0.3, -0.25) is 13.7 Å². The Balaban J connectivity index is 0.000000283. The fourth-order valence-electron chi connectivity index (χ4n) is 16.0. The zero-order valence-electron chi connectivity index (χ0n) is 76.5. The minimum Gasteiger partial charge on any atom is -1.00 e. The number of rotatable bonds is 35. The topological polar surface area (TPSA) is 353 Å². The molecule has 2 aliphatic carbocycles. The molecule has 131 heavy (non-hydrogen) atoms. The summed E-state index contributed by atoms with van der Waals surface area (Å²) in [4.78, 5) is 11.2. The van der Waals surface area contributed by atoms with Crippen molar-refractivity contribution in [2.24, 2.45) is 17.8 Å². The van der Waals surface area contributed by atoms with E-state index in [1.165, 1.54) is 0 Å². The van der Waals surface area contributed by atoms with Gasteiger partial charge in [0.2, 0.25) is 10.4 Å². The van der Waals surface area contributed by atoms with E-state index in [9.17, 15) is 21.4 Å². The summed E-state index contributed by atoms with van der Waals surface area (Å²) < 4.78 is 196. The van der Waals surface area contributed by atoms with Crippen LogP contribution in [0.5, 0.6) is 34.5 Å². The number of ether oxygens (including phenoxy) is 20. The van der Waals surface area contributed by atoms with Gasteiger partial charge >= 0.3 is 113 Å². The zero-order chi connectivity index (χ0) is 91.2. The first-order chi connectivity index (χ1) is 61.8. The van der Waals surface area contributed by atoms with E-state index in [0.29, 0.717) is 51.6 Å². The molecule has 38 heteroatoms. The number of methoxy groups -OCH3 is 6. The maximum atomic E-state index is 12.5. The molecule has 708 valence electrons. The predicted octanol–water partition coefficient (Wildman–Crippen LogP) is 7.92. The minimum absolute atomic E-state index is 0. The molecule has 0 bridgehead atoms. The van der Waals surface area contributed by atoms with Crippen molar-refractivity contribution in [1.29, 1.82) is 0 Å². The monoisotopic (exact) mass is 2050 g/mol. The van der Waals surface area contributed by atoms with Crippen LogP contribution in [0.1, 0.15) is 112 Å². The molecule has 5 saturated heterocycles. The Hall–Kier alpha value is -4.47. The molecular formula is C93H116FIK2O31PS2-. The first-order valence-corrected chi connectivity index (χ1v) is 48.6. The summed E-state index contributed by atoms with van der Waals surface area (Å²) >= 11 is 2.07. The average molecular weight is 2050 g/mol. The smallest absolute Gasteiger partial charge is 1.00 e. The van der Waals surface area contributed by atoms with Gasteiger partial charge in [-0.05, 0) is 165 Å². The second kappa shape index (κ2) is 56.0. The van der Waals surface area contributed by atoms with Crippen LogP contribution in [-0.2, 0) is 149 Å². The summed E-state index contributed by atoms with van der Waals surface area (Å²) in [5.74, 6) is 2.72. The Morgan fingerprint density at radius 3 is 1.23 bits per heavy atom. The normalized spacial score (nSPS) is 25.9. The van der Waals surface area contributed by atoms with Gasteiger partial charge in [-0.15, -0.1) is 0 Å². The second-order valence-corrected chi connectivity index (χ2v) is 34.0. The number of hydrogen-bond donors (Lipinski definition) is 0. The van der Waals surface area contributed by atoms with Crippen LogP contribution in [0.2, 0.25) is 0 Å². The van der Waals surface area contributed by atoms with Gasteiger partial charge < -0.3 is 111 Å². The van der Waals surface area contributed by atoms with Crippen molar-refractivity contribution in [2.75, 3.05) is 75.7 Å². The summed E-state index contributed by atoms with van der Waals surface area (Å²) in [6.07, 6.45) is -6.62. The third-order valence-electron chi connectivity index (χ3n) is 22.4. The van der Waals surface area contributed by atoms with E-state index in [1.54, 1.807) is 70.4 Å². The molecule has 0 aromatic heterocycles. The largest absolute Gasteiger partial charge is 1.00 e. The molecule has 18 atom stereocenters. The standard InChI is InChI=1S/C46H56O14S.C30H36O6.C16H20O8S.CH2O3.FH.H2IP.2K.H/c1-46(2)56-29-41(59-46)43-44(60-61(47,48)49)40(57-45(58-43)33-9-7-6-8-10-33)24-34-23-39(54-26-31-13-19-36(51-4)20-14-31)42(55-27-32-15-21-37(52-5)22-16-32)38(34)28-53-25-30-11-17-35(50-3)18-12-30;1-31-26-11-4-22(5-12-26)18-34-21-25-10-17-29(35-19-23-6-13-27(32-2)14-7-23)30(25)36-20-24-8-15-28(33-3)16-9-24;1-16(2)19-8-12(23-16)13-14-11(9-20-25(17,18)24-14)21-15(22-13)10-6-4-3-5-7-10;2-1-4-3;;1-2;;;/h6-22,34,38-45H,23-29H2,1-5H3,(H,47,48,49);4-9,11-16,25,29-30H,10,17-21H2,1-3H3;3-7,11-15H,8-9H2,1-2H3;1,3H;1H;2H2;;;/q;;;;;;2*+1;-1/p-2/t34-,38-,39+,40+,41-,42+,43-,44-,45?;25-,29-,30-;11-,12+,13+,14+,15?;;;;;;/m100....../s1. The van der Waals surface area contributed by atoms with Gasteiger partial charge in [0.15, 0.2) is 24.2 Å². The molecule has 0 N–H and O–H groups in total. The Morgan fingerprint density at radius 2 is 0.832 bits per heavy atom. The van der Waals surface area contributed by atoms with Gasteiger partial charge in [0.25, 0.3) is 6.47 Å². The van der Waals surface area contributed by atoms with E-state index in [1.807, 2.05) is 206 Å². The van der Waals surface area contributed by atoms with Gasteiger partial charge in [0, 0.05) is 23.0 Å². The maximum absolute atomic E-state index is 12.5. The quantitative estimate of drug-likeness (QED) is 0.00532. The van der Waals surface area contributed by atoms with Gasteiger partial charge in [-0.25, -0.2) is 16.8 Å². The average Bonchev–Trinajstić information content (AvgIpc) is 1.22. The summed E-state index contributed by atoms with van der Waals surface area (Å²) in [5, 5.41) is 8.43. The molecule has 7 aliphatic rings. The van der Waals surface area contributed by atoms with Crippen molar-refractivity contribution in [2.45, 2.75) is 190 Å². The molecule has 0 amide bonds. The van der Waals surface area contributed by atoms with E-state index in [-0.39, 0.29) is 185 Å². The summed E-state index contributed by atoms with van der Waals surface area (Å²) in [7, 11) is 0.549. The van der Waals surface area contributed by atoms with E-state index in [2.05, 4.69) is 33.8 Å². The van der Waals surface area contributed by atoms with Crippen molar-refractivity contribution < 1.29 is 253 Å². The fraction of sp³-hybridized carbons (Fsp3) is 0.473. The molecule has 7 fully saturated rings. The molecule has 5 heterocycles. The first-order valence-electron chi connectivity index (χ1n) is 41.7. The first kappa shape index (κ1) is 112. The van der Waals surface area contributed by atoms with Crippen LogP contribution in [0.4, 0.5) is 4.70 Å². The molecule has 31 nitrogen and oxygen atoms in total. The third kappa shape index (κ3) is 34.5. The van der Waals surface area contributed by atoms with Gasteiger partial charge in [0.1, 0.15) is 77.2 Å². The number of carbonyl (C=O) groups excluding carboxylic acids is 1. The van der Waals surface area contributed by atoms with E-state index in [4.69, 9.17) is 117 Å². The number of carbonyl (C=O) groups is 1. The molecule has 8 aromatic rings. The molecule has 8 aromatic carbocycles. The molecular weight excluding hydrogens is 1930 g/mol. The van der Waals surface area contributed by atoms with Crippen LogP contribution < -0.4 is 136 Å². The van der Waals surface area contributed by atoms with Crippen LogP contribution in [-0.4, -0.2) is 188 Å². The van der Waals surface area contributed by atoms with Crippen molar-refractivity contribution in [1.82, 2.24) is 0 Å². The van der Waals surface area contributed by atoms with E-state index >= 15 is 0 Å². The Kier molecular flexibility index (Phi) is 47.8. The van der Waals surface area contributed by atoms with E-state index < -0.39 is 106 Å². The van der Waals surface area contributed by atoms with E-state index in [0.717, 1.165) is 86.3 Å². The fourth-order valence-corrected chi connectivity index (χ4v) is 17.4. The summed E-state index contributed by atoms with van der Waals surface area (Å²) in [6.45, 7) is 12.9. The zero-order valence-corrected chi connectivity index (χ0v) is 86.7. The van der Waals surface area contributed by atoms with Crippen molar-refractivity contribution in [3.8, 4) is 34.5 Å². The maximum Gasteiger partial charge on any atom is 1.00 e. The SMILES string of the molecule is CC1(C)OC[C@H]([C@H]2OC(c3ccccc3)O[C@H]3COS(=O)(=O)O[C@@H]23)O1.COc1ccc(COC[C@@H]2CC[C@H](OCc3ccc(OC)cc3)[C@H]2OCc2ccc(OC)cc2)cc1.COc1ccc(COC[C@@H]2[C@@H](C[C@@H]3OC(c4ccccc4)O[C@H]([C@H]4COC(C)(C)O4)[C@@H]3OS(=O)(=O)[O-])C[C@H](OCc3ccc(OC)cc3)[C@H]2OCc2ccc(OC)cc2)cc1.F.O=CO[O-].PI.[H-].[K+].[K+]. The van der Waals surface area contributed by atoms with Crippen LogP contribution >= 0.6 is 28.9 Å². The molecule has 15 rings (SSSR count). The van der Waals surface area contributed by atoms with Gasteiger partial charge in [-0.2, -0.15) is 8.42 Å². The second-order valence-electron chi connectivity index (χ2n) is 31.8. The third-order valence-corrected chi connectivity index (χ3v) is 23.8. The Labute approximate surface area is 868 Å². The van der Waals surface area contributed by atoms with Gasteiger partial charge in [0.05, 0.1) is 146 Å². The van der Waals surface area contributed by atoms with Crippen LogP contribution in [0.25, 0.3) is 0 Å². The predicted molar refractivity (Wildman–Crippen MR) is 477 cm³/mol. The Bertz CT molecular complexity index is 4840. The minimum atomic E-state index is -5.24. The van der Waals surface area contributed by atoms with Crippen LogP contribution in [0.3, 0.4) is 0 Å². The van der Waals surface area contributed by atoms with Gasteiger partial charge in [-0.1, -0.05) is 162 Å². The van der Waals surface area contributed by atoms with Crippen molar-refractivity contribution in [3.05, 3.63) is 251 Å². The molecule has 5 aliphatic heterocycles. The van der Waals surface area contributed by atoms with Crippen molar-refractivity contribution in [3.63, 3.8) is 0 Å². The molecule has 0 spiro atoms. The number of hydrogen-bond acceptors (Lipinski definition) is 31. The number of benzene rings is 8. The Morgan fingerprint density at radius 1 is 0.458 bits per heavy atom. The summed E-state index contributed by atoms with van der Waals surface area (Å²) in [6, 6.07) is 65.7.